The van der Waals surface area contributed by atoms with Gasteiger partial charge >= 0.3 is 12.1 Å². The highest BCUT2D eigenvalue weighted by molar-refractivity contribution is 5.87. The maximum Gasteiger partial charge on any atom is 0.409 e. The van der Waals surface area contributed by atoms with E-state index in [1.54, 1.807) is 17.0 Å². The minimum Gasteiger partial charge on any atom is -0.478 e. The van der Waals surface area contributed by atoms with E-state index in [1.165, 1.54) is 0 Å². The predicted molar refractivity (Wildman–Crippen MR) is 78.6 cm³/mol. The second kappa shape index (κ2) is 7.11. The van der Waals surface area contributed by atoms with Crippen molar-refractivity contribution in [3.05, 3.63) is 34.9 Å². The monoisotopic (exact) mass is 291 g/mol. The lowest BCUT2D eigenvalue weighted by Crippen LogP contribution is -2.34. The SMILES string of the molecule is CCCCOC(=O)N1CCc2ccc(C(=O)O)cc2CC1. The molecule has 0 aliphatic carbocycles. The number of benzene rings is 1. The summed E-state index contributed by atoms with van der Waals surface area (Å²) in [6.07, 6.45) is 3.00. The summed E-state index contributed by atoms with van der Waals surface area (Å²) in [5, 5.41) is 9.03. The molecule has 1 aliphatic rings. The van der Waals surface area contributed by atoms with Crippen LogP contribution in [-0.4, -0.2) is 41.8 Å². The lowest BCUT2D eigenvalue weighted by Gasteiger charge is -2.19. The Morgan fingerprint density at radius 2 is 1.95 bits per heavy atom. The van der Waals surface area contributed by atoms with Gasteiger partial charge in [-0.15, -0.1) is 0 Å². The molecule has 2 rings (SSSR count). The number of carboxylic acid groups (broad SMARTS) is 1. The van der Waals surface area contributed by atoms with Crippen LogP contribution in [0, 0.1) is 0 Å². The number of carbonyl (C=O) groups excluding carboxylic acids is 1. The molecular weight excluding hydrogens is 270 g/mol. The number of amides is 1. The number of unbranched alkanes of at least 4 members (excludes halogenated alkanes) is 1. The molecule has 1 heterocycles. The van der Waals surface area contributed by atoms with E-state index in [1.807, 2.05) is 6.07 Å². The Morgan fingerprint density at radius 1 is 1.24 bits per heavy atom. The molecule has 21 heavy (non-hydrogen) atoms. The molecule has 0 spiro atoms. The zero-order valence-electron chi connectivity index (χ0n) is 12.3. The van der Waals surface area contributed by atoms with E-state index in [2.05, 4.69) is 6.92 Å². The van der Waals surface area contributed by atoms with Crippen molar-refractivity contribution in [3.63, 3.8) is 0 Å². The van der Waals surface area contributed by atoms with Gasteiger partial charge in [-0.05, 0) is 42.5 Å². The molecule has 5 nitrogen and oxygen atoms in total. The number of rotatable bonds is 4. The van der Waals surface area contributed by atoms with Gasteiger partial charge in [-0.25, -0.2) is 9.59 Å². The summed E-state index contributed by atoms with van der Waals surface area (Å²) in [5.74, 6) is -0.919. The Hall–Kier alpha value is -2.04. The number of ether oxygens (including phenoxy) is 1. The average molecular weight is 291 g/mol. The molecule has 0 atom stereocenters. The number of carboxylic acids is 1. The summed E-state index contributed by atoms with van der Waals surface area (Å²) in [7, 11) is 0. The number of aromatic carboxylic acids is 1. The number of hydrogen-bond donors (Lipinski definition) is 1. The first-order valence-corrected chi connectivity index (χ1v) is 7.38. The van der Waals surface area contributed by atoms with Gasteiger partial charge in [0.1, 0.15) is 0 Å². The lowest BCUT2D eigenvalue weighted by molar-refractivity contribution is 0.0696. The fraction of sp³-hybridized carbons (Fsp3) is 0.500. The van der Waals surface area contributed by atoms with Gasteiger partial charge in [0.15, 0.2) is 0 Å². The van der Waals surface area contributed by atoms with Crippen LogP contribution in [0.25, 0.3) is 0 Å². The molecule has 1 aliphatic heterocycles. The first-order valence-electron chi connectivity index (χ1n) is 7.38. The van der Waals surface area contributed by atoms with Crippen molar-refractivity contribution < 1.29 is 19.4 Å². The molecule has 1 aromatic carbocycles. The van der Waals surface area contributed by atoms with Crippen LogP contribution in [0.15, 0.2) is 18.2 Å². The number of nitrogens with zero attached hydrogens (tertiary/aromatic N) is 1. The molecule has 0 saturated heterocycles. The minimum absolute atomic E-state index is 0.269. The van der Waals surface area contributed by atoms with Crippen molar-refractivity contribution in [2.75, 3.05) is 19.7 Å². The van der Waals surface area contributed by atoms with Crippen LogP contribution in [0.3, 0.4) is 0 Å². The van der Waals surface area contributed by atoms with E-state index in [0.717, 1.165) is 30.4 Å². The molecule has 1 amide bonds. The summed E-state index contributed by atoms with van der Waals surface area (Å²) in [5.41, 5.74) is 2.43. The van der Waals surface area contributed by atoms with Gasteiger partial charge in [-0.3, -0.25) is 0 Å². The fourth-order valence-electron chi connectivity index (χ4n) is 2.44. The van der Waals surface area contributed by atoms with Crippen LogP contribution >= 0.6 is 0 Å². The van der Waals surface area contributed by atoms with Crippen LogP contribution in [0.4, 0.5) is 4.79 Å². The summed E-state index contributed by atoms with van der Waals surface area (Å²) < 4.78 is 5.23. The van der Waals surface area contributed by atoms with E-state index in [4.69, 9.17) is 9.84 Å². The van der Waals surface area contributed by atoms with Gasteiger partial charge in [-0.2, -0.15) is 0 Å². The first-order chi connectivity index (χ1) is 10.1. The third-order valence-electron chi connectivity index (χ3n) is 3.74. The first kappa shape index (κ1) is 15.4. The van der Waals surface area contributed by atoms with Gasteiger partial charge in [0, 0.05) is 13.1 Å². The number of fused-ring (bicyclic) bond motifs is 1. The highest BCUT2D eigenvalue weighted by Crippen LogP contribution is 2.18. The predicted octanol–water partition coefficient (Wildman–Crippen LogP) is 2.72. The molecule has 1 aromatic rings. The standard InChI is InChI=1S/C16H21NO4/c1-2-3-10-21-16(20)17-8-6-12-4-5-14(15(18)19)11-13(12)7-9-17/h4-5,11H,2-3,6-10H2,1H3,(H,18,19). The molecule has 0 saturated carbocycles. The molecule has 1 N–H and O–H groups in total. The van der Waals surface area contributed by atoms with E-state index in [9.17, 15) is 9.59 Å². The van der Waals surface area contributed by atoms with Crippen molar-refractivity contribution in [2.24, 2.45) is 0 Å². The van der Waals surface area contributed by atoms with E-state index in [-0.39, 0.29) is 6.09 Å². The van der Waals surface area contributed by atoms with Crippen molar-refractivity contribution >= 4 is 12.1 Å². The normalized spacial score (nSPS) is 14.2. The summed E-state index contributed by atoms with van der Waals surface area (Å²) >= 11 is 0. The van der Waals surface area contributed by atoms with Crippen LogP contribution < -0.4 is 0 Å². The topological polar surface area (TPSA) is 66.8 Å². The van der Waals surface area contributed by atoms with Gasteiger partial charge in [0.2, 0.25) is 0 Å². The Balaban J connectivity index is 1.99. The zero-order valence-corrected chi connectivity index (χ0v) is 12.3. The average Bonchev–Trinajstić information content (AvgIpc) is 2.69. The highest BCUT2D eigenvalue weighted by atomic mass is 16.6. The lowest BCUT2D eigenvalue weighted by atomic mass is 10.0. The maximum absolute atomic E-state index is 12.0. The van der Waals surface area contributed by atoms with Crippen molar-refractivity contribution in [2.45, 2.75) is 32.6 Å². The van der Waals surface area contributed by atoms with Crippen LogP contribution in [-0.2, 0) is 17.6 Å². The Labute approximate surface area is 124 Å². The number of hydrogen-bond acceptors (Lipinski definition) is 3. The molecule has 5 heteroatoms. The summed E-state index contributed by atoms with van der Waals surface area (Å²) in [6, 6.07) is 5.19. The minimum atomic E-state index is -0.919. The van der Waals surface area contributed by atoms with Gasteiger partial charge in [-0.1, -0.05) is 19.4 Å². The number of carbonyl (C=O) groups is 2. The van der Waals surface area contributed by atoms with E-state index >= 15 is 0 Å². The molecular formula is C16H21NO4. The van der Waals surface area contributed by atoms with Gasteiger partial charge in [0.25, 0.3) is 0 Å². The summed E-state index contributed by atoms with van der Waals surface area (Å²) in [6.45, 7) is 3.70. The van der Waals surface area contributed by atoms with Crippen LogP contribution in [0.1, 0.15) is 41.3 Å². The third-order valence-corrected chi connectivity index (χ3v) is 3.74. The maximum atomic E-state index is 12.0. The third kappa shape index (κ3) is 3.97. The Bertz CT molecular complexity index is 527. The second-order valence-electron chi connectivity index (χ2n) is 5.24. The van der Waals surface area contributed by atoms with Crippen LogP contribution in [0.5, 0.6) is 0 Å². The van der Waals surface area contributed by atoms with Crippen molar-refractivity contribution in [3.8, 4) is 0 Å². The fourth-order valence-corrected chi connectivity index (χ4v) is 2.44. The van der Waals surface area contributed by atoms with E-state index < -0.39 is 5.97 Å². The van der Waals surface area contributed by atoms with Gasteiger partial charge in [0.05, 0.1) is 12.2 Å². The Kier molecular flexibility index (Phi) is 5.20. The van der Waals surface area contributed by atoms with Crippen molar-refractivity contribution in [1.82, 2.24) is 4.90 Å². The molecule has 0 fully saturated rings. The van der Waals surface area contributed by atoms with Crippen molar-refractivity contribution in [1.29, 1.82) is 0 Å². The quantitative estimate of drug-likeness (QED) is 0.866. The largest absolute Gasteiger partial charge is 0.478 e. The Morgan fingerprint density at radius 3 is 2.62 bits per heavy atom. The summed E-state index contributed by atoms with van der Waals surface area (Å²) in [4.78, 5) is 24.7. The molecule has 114 valence electrons. The zero-order chi connectivity index (χ0) is 15.2. The molecule has 0 bridgehead atoms. The van der Waals surface area contributed by atoms with E-state index in [0.29, 0.717) is 31.7 Å². The van der Waals surface area contributed by atoms with Gasteiger partial charge < -0.3 is 14.7 Å². The second-order valence-corrected chi connectivity index (χ2v) is 5.24. The molecule has 0 radical (unpaired) electrons. The highest BCUT2D eigenvalue weighted by Gasteiger charge is 2.20. The molecule has 0 aromatic heterocycles. The molecule has 0 unspecified atom stereocenters. The smallest absolute Gasteiger partial charge is 0.409 e. The van der Waals surface area contributed by atoms with Crippen LogP contribution in [0.2, 0.25) is 0 Å².